The van der Waals surface area contributed by atoms with E-state index in [1.54, 1.807) is 6.20 Å². The number of rotatable bonds is 3. The molecule has 176 valence electrons. The minimum Gasteiger partial charge on any atom is -0.444 e. The molecule has 0 saturated carbocycles. The average molecular weight is 543 g/mol. The van der Waals surface area contributed by atoms with Crippen molar-refractivity contribution in [1.82, 2.24) is 20.3 Å². The van der Waals surface area contributed by atoms with E-state index in [4.69, 9.17) is 16.3 Å². The topological polar surface area (TPSA) is 83.1 Å². The predicted octanol–water partition coefficient (Wildman–Crippen LogP) is 5.81. The summed E-state index contributed by atoms with van der Waals surface area (Å²) in [5.41, 5.74) is 1.38. The maximum Gasteiger partial charge on any atom is 0.407 e. The molecule has 4 rings (SSSR count). The van der Waals surface area contributed by atoms with Crippen LogP contribution < -0.4 is 10.2 Å². The molecule has 33 heavy (non-hydrogen) atoms. The fourth-order valence-electron chi connectivity index (χ4n) is 3.82. The summed E-state index contributed by atoms with van der Waals surface area (Å²) in [5, 5.41) is 3.13. The zero-order valence-corrected chi connectivity index (χ0v) is 20.6. The molecule has 1 aliphatic rings. The molecule has 3 aromatic rings. The van der Waals surface area contributed by atoms with Crippen molar-refractivity contribution in [1.29, 1.82) is 0 Å². The maximum absolute atomic E-state index is 13.7. The summed E-state index contributed by atoms with van der Waals surface area (Å²) in [6, 6.07) is 2.08. The fraction of sp³-hybridized carbons (Fsp3) is 0.409. The highest BCUT2D eigenvalue weighted by molar-refractivity contribution is 9.10. The Bertz CT molecular complexity index is 1170. The lowest BCUT2D eigenvalue weighted by molar-refractivity contribution is 0.0497. The van der Waals surface area contributed by atoms with Gasteiger partial charge in [0.05, 0.1) is 26.8 Å². The van der Waals surface area contributed by atoms with E-state index >= 15 is 0 Å². The van der Waals surface area contributed by atoms with Gasteiger partial charge in [0, 0.05) is 37.5 Å². The van der Waals surface area contributed by atoms with E-state index in [1.807, 2.05) is 20.8 Å². The number of nitrogens with one attached hydrogen (secondary N) is 2. The number of fused-ring (bicyclic) bond motifs is 1. The number of nitrogens with zero attached hydrogens (tertiary/aromatic N) is 3. The van der Waals surface area contributed by atoms with Gasteiger partial charge in [-0.2, -0.15) is 0 Å². The van der Waals surface area contributed by atoms with Crippen LogP contribution in [0, 0.1) is 11.6 Å². The first-order chi connectivity index (χ1) is 15.5. The van der Waals surface area contributed by atoms with E-state index in [9.17, 15) is 13.6 Å². The number of imidazole rings is 1. The van der Waals surface area contributed by atoms with E-state index in [0.29, 0.717) is 47.3 Å². The number of piperidine rings is 1. The molecular formula is C22H23BrClF2N5O2. The van der Waals surface area contributed by atoms with Gasteiger partial charge in [-0.25, -0.2) is 23.5 Å². The normalized spacial score (nSPS) is 15.2. The molecule has 11 heteroatoms. The minimum absolute atomic E-state index is 0.0206. The van der Waals surface area contributed by atoms with Crippen LogP contribution in [0.2, 0.25) is 5.15 Å². The summed E-state index contributed by atoms with van der Waals surface area (Å²) in [4.78, 5) is 25.9. The van der Waals surface area contributed by atoms with Gasteiger partial charge in [0.2, 0.25) is 0 Å². The fourth-order valence-corrected chi connectivity index (χ4v) is 4.60. The number of ether oxygens (including phenoxy) is 1. The molecule has 0 atom stereocenters. The van der Waals surface area contributed by atoms with Crippen molar-refractivity contribution in [3.05, 3.63) is 39.6 Å². The second-order valence-corrected chi connectivity index (χ2v) is 10.1. The Hall–Kier alpha value is -2.46. The average Bonchev–Trinajstić information content (AvgIpc) is 3.11. The molecule has 2 aromatic heterocycles. The first kappa shape index (κ1) is 23.7. The lowest BCUT2D eigenvalue weighted by Gasteiger charge is -2.35. The summed E-state index contributed by atoms with van der Waals surface area (Å²) in [6.07, 6.45) is 2.56. The number of hydrogen-bond acceptors (Lipinski definition) is 5. The number of benzene rings is 1. The van der Waals surface area contributed by atoms with Crippen LogP contribution in [0.15, 0.2) is 22.8 Å². The number of pyridine rings is 1. The quantitative estimate of drug-likeness (QED) is 0.408. The highest BCUT2D eigenvalue weighted by Gasteiger charge is 2.28. The number of alkyl carbamates (subject to hydrolysis) is 1. The molecule has 0 aliphatic carbocycles. The molecular weight excluding hydrogens is 520 g/mol. The highest BCUT2D eigenvalue weighted by atomic mass is 79.9. The van der Waals surface area contributed by atoms with E-state index in [-0.39, 0.29) is 16.7 Å². The molecule has 0 spiro atoms. The number of carbonyl (C=O) groups excluding carboxylic acids is 1. The van der Waals surface area contributed by atoms with Gasteiger partial charge < -0.3 is 19.9 Å². The van der Waals surface area contributed by atoms with Gasteiger partial charge in [0.25, 0.3) is 0 Å². The van der Waals surface area contributed by atoms with Gasteiger partial charge in [-0.05, 0) is 49.5 Å². The van der Waals surface area contributed by atoms with Crippen molar-refractivity contribution in [3.8, 4) is 11.4 Å². The standard InChI is InChI=1S/C22H23BrClF2N5O2/c1-22(2,3)33-21(32)28-11-4-6-31(7-5-11)18-12(23)10-27-19(24)17(18)20-29-15-8-13(25)14(26)9-16(15)30-20/h8-11H,4-7H2,1-3H3,(H,28,32)(H,29,30). The smallest absolute Gasteiger partial charge is 0.407 e. The second kappa shape index (κ2) is 9.06. The summed E-state index contributed by atoms with van der Waals surface area (Å²) < 4.78 is 33.4. The Morgan fingerprint density at radius 3 is 2.61 bits per heavy atom. The Morgan fingerprint density at radius 2 is 1.94 bits per heavy atom. The monoisotopic (exact) mass is 541 g/mol. The van der Waals surface area contributed by atoms with Crippen molar-refractivity contribution < 1.29 is 18.3 Å². The van der Waals surface area contributed by atoms with Gasteiger partial charge in [-0.3, -0.25) is 0 Å². The van der Waals surface area contributed by atoms with E-state index in [1.165, 1.54) is 0 Å². The van der Waals surface area contributed by atoms with Crippen LogP contribution in [0.4, 0.5) is 19.3 Å². The van der Waals surface area contributed by atoms with Crippen molar-refractivity contribution in [2.45, 2.75) is 45.3 Å². The third-order valence-electron chi connectivity index (χ3n) is 5.25. The van der Waals surface area contributed by atoms with Crippen LogP contribution in [0.25, 0.3) is 22.4 Å². The van der Waals surface area contributed by atoms with Gasteiger partial charge in [0.15, 0.2) is 11.6 Å². The number of anilines is 1. The first-order valence-electron chi connectivity index (χ1n) is 10.5. The lowest BCUT2D eigenvalue weighted by Crippen LogP contribution is -2.46. The van der Waals surface area contributed by atoms with E-state index < -0.39 is 23.3 Å². The molecule has 3 heterocycles. The van der Waals surface area contributed by atoms with Gasteiger partial charge in [0.1, 0.15) is 16.6 Å². The Morgan fingerprint density at radius 1 is 1.27 bits per heavy atom. The molecule has 7 nitrogen and oxygen atoms in total. The zero-order chi connectivity index (χ0) is 23.9. The molecule has 2 N–H and O–H groups in total. The Balaban J connectivity index is 1.59. The van der Waals surface area contributed by atoms with Crippen LogP contribution in [-0.4, -0.2) is 45.8 Å². The number of carbonyl (C=O) groups is 1. The maximum atomic E-state index is 13.7. The van der Waals surface area contributed by atoms with Crippen molar-refractivity contribution >= 4 is 50.3 Å². The summed E-state index contributed by atoms with van der Waals surface area (Å²) in [6.45, 7) is 6.73. The molecule has 1 fully saturated rings. The summed E-state index contributed by atoms with van der Waals surface area (Å²) in [7, 11) is 0. The third kappa shape index (κ3) is 5.22. The van der Waals surface area contributed by atoms with Gasteiger partial charge in [-0.1, -0.05) is 11.6 Å². The van der Waals surface area contributed by atoms with Crippen LogP contribution in [-0.2, 0) is 4.74 Å². The number of hydrogen-bond donors (Lipinski definition) is 2. The molecule has 1 saturated heterocycles. The molecule has 0 bridgehead atoms. The number of amides is 1. The zero-order valence-electron chi connectivity index (χ0n) is 18.3. The largest absolute Gasteiger partial charge is 0.444 e. The van der Waals surface area contributed by atoms with E-state index in [0.717, 1.165) is 17.8 Å². The Labute approximate surface area is 203 Å². The summed E-state index contributed by atoms with van der Waals surface area (Å²) in [5.74, 6) is -1.58. The van der Waals surface area contributed by atoms with Crippen molar-refractivity contribution in [2.75, 3.05) is 18.0 Å². The van der Waals surface area contributed by atoms with Crippen LogP contribution in [0.1, 0.15) is 33.6 Å². The van der Waals surface area contributed by atoms with Crippen LogP contribution in [0.3, 0.4) is 0 Å². The number of aromatic amines is 1. The minimum atomic E-state index is -0.973. The third-order valence-corrected chi connectivity index (χ3v) is 6.12. The molecule has 0 radical (unpaired) electrons. The number of aromatic nitrogens is 3. The Kier molecular flexibility index (Phi) is 6.50. The van der Waals surface area contributed by atoms with Crippen molar-refractivity contribution in [2.24, 2.45) is 0 Å². The highest BCUT2D eigenvalue weighted by Crippen LogP contribution is 2.41. The number of H-pyrrole nitrogens is 1. The summed E-state index contributed by atoms with van der Waals surface area (Å²) >= 11 is 10.0. The van der Waals surface area contributed by atoms with Crippen LogP contribution in [0.5, 0.6) is 0 Å². The lowest BCUT2D eigenvalue weighted by atomic mass is 10.0. The van der Waals surface area contributed by atoms with E-state index in [2.05, 4.69) is 41.1 Å². The van der Waals surface area contributed by atoms with Gasteiger partial charge >= 0.3 is 6.09 Å². The molecule has 1 aromatic carbocycles. The first-order valence-corrected chi connectivity index (χ1v) is 11.6. The predicted molar refractivity (Wildman–Crippen MR) is 127 cm³/mol. The second-order valence-electron chi connectivity index (χ2n) is 8.90. The van der Waals surface area contributed by atoms with Crippen LogP contribution >= 0.6 is 27.5 Å². The molecule has 1 aliphatic heterocycles. The van der Waals surface area contributed by atoms with Crippen molar-refractivity contribution in [3.63, 3.8) is 0 Å². The molecule has 0 unspecified atom stereocenters. The molecule has 1 amide bonds. The number of halogens is 4. The SMILES string of the molecule is CC(C)(C)OC(=O)NC1CCN(c2c(Br)cnc(Cl)c2-c2nc3cc(F)c(F)cc3[nH]2)CC1. The van der Waals surface area contributed by atoms with Gasteiger partial charge in [-0.15, -0.1) is 0 Å².